The maximum absolute atomic E-state index is 6.32. The van der Waals surface area contributed by atoms with Gasteiger partial charge < -0.3 is 14.4 Å². The zero-order valence-corrected chi connectivity index (χ0v) is 28.9. The van der Waals surface area contributed by atoms with Gasteiger partial charge in [-0.2, -0.15) is 0 Å². The molecule has 1 radical (unpaired) electrons. The molecule has 0 saturated carbocycles. The van der Waals surface area contributed by atoms with E-state index < -0.39 is 0 Å². The number of pyridine rings is 3. The van der Waals surface area contributed by atoms with Gasteiger partial charge in [0.25, 0.3) is 0 Å². The normalized spacial score (nSPS) is 10.5. The average molecular weight is 798 g/mol. The molecule has 0 saturated heterocycles. The fourth-order valence-electron chi connectivity index (χ4n) is 5.56. The Hall–Kier alpha value is -5.48. The number of fused-ring (bicyclic) bond motifs is 1. The summed E-state index contributed by atoms with van der Waals surface area (Å²) >= 11 is 0. The fourth-order valence-corrected chi connectivity index (χ4v) is 5.56. The van der Waals surface area contributed by atoms with Gasteiger partial charge in [-0.3, -0.25) is 4.98 Å². The van der Waals surface area contributed by atoms with Crippen molar-refractivity contribution in [3.63, 3.8) is 0 Å². The number of rotatable bonds is 5. The molecule has 0 aliphatic heterocycles. The molecule has 4 heterocycles. The van der Waals surface area contributed by atoms with Crippen molar-refractivity contribution in [1.82, 2.24) is 15.0 Å². The van der Waals surface area contributed by atoms with Crippen molar-refractivity contribution in [1.29, 1.82) is 0 Å². The molecule has 8 rings (SSSR count). The summed E-state index contributed by atoms with van der Waals surface area (Å²) in [5.74, 6) is 0.840. The molecule has 0 bridgehead atoms. The van der Waals surface area contributed by atoms with Crippen molar-refractivity contribution in [2.75, 3.05) is 0 Å². The Labute approximate surface area is 294 Å². The summed E-state index contributed by atoms with van der Waals surface area (Å²) in [6.07, 6.45) is 5.45. The number of hydrogen-bond donors (Lipinski definition) is 0. The topological polar surface area (TPSA) is 51.8 Å². The monoisotopic (exact) mass is 798 g/mol. The summed E-state index contributed by atoms with van der Waals surface area (Å²) in [4.78, 5) is 13.1. The van der Waals surface area contributed by atoms with E-state index >= 15 is 0 Å². The van der Waals surface area contributed by atoms with Crippen molar-refractivity contribution in [3.05, 3.63) is 175 Å². The Bertz CT molecular complexity index is 2230. The maximum atomic E-state index is 6.32. The van der Waals surface area contributed by atoms with Crippen molar-refractivity contribution < 1.29 is 24.5 Å². The van der Waals surface area contributed by atoms with E-state index in [0.717, 1.165) is 72.8 Å². The number of hydrogen-bond acceptors (Lipinski definition) is 4. The summed E-state index contributed by atoms with van der Waals surface area (Å²) in [6, 6.07) is 51.5. The van der Waals surface area contributed by atoms with Crippen molar-refractivity contribution in [3.8, 4) is 56.1 Å². The number of aromatic nitrogens is 3. The predicted octanol–water partition coefficient (Wildman–Crippen LogP) is 10.9. The van der Waals surface area contributed by atoms with Gasteiger partial charge in [-0.05, 0) is 84.4 Å². The molecule has 0 amide bonds. The van der Waals surface area contributed by atoms with E-state index in [0.29, 0.717) is 0 Å². The molecule has 48 heavy (non-hydrogen) atoms. The van der Waals surface area contributed by atoms with E-state index in [2.05, 4.69) is 94.7 Å². The molecule has 4 nitrogen and oxygen atoms in total. The first-order valence-corrected chi connectivity index (χ1v) is 15.5. The number of aryl methyl sites for hydroxylation is 2. The van der Waals surface area contributed by atoms with Crippen LogP contribution in [0.4, 0.5) is 0 Å². The first-order chi connectivity index (χ1) is 23.1. The second-order valence-corrected chi connectivity index (χ2v) is 11.3. The van der Waals surface area contributed by atoms with Crippen molar-refractivity contribution >= 4 is 11.0 Å². The minimum atomic E-state index is 0. The van der Waals surface area contributed by atoms with E-state index in [9.17, 15) is 0 Å². The van der Waals surface area contributed by atoms with Gasteiger partial charge in [0, 0.05) is 55.3 Å². The molecule has 235 valence electrons. The average Bonchev–Trinajstić information content (AvgIpc) is 3.56. The second-order valence-electron chi connectivity index (χ2n) is 11.3. The van der Waals surface area contributed by atoms with Gasteiger partial charge in [-0.25, -0.2) is 0 Å². The molecule has 0 unspecified atom stereocenters. The summed E-state index contributed by atoms with van der Waals surface area (Å²) in [5.41, 5.74) is 12.5. The van der Waals surface area contributed by atoms with Crippen LogP contribution in [0.2, 0.25) is 0 Å². The Morgan fingerprint density at radius 1 is 0.521 bits per heavy atom. The Kier molecular flexibility index (Phi) is 10.1. The quantitative estimate of drug-likeness (QED) is 0.163. The van der Waals surface area contributed by atoms with Crippen LogP contribution in [0.25, 0.3) is 67.1 Å². The molecule has 0 aliphatic rings. The van der Waals surface area contributed by atoms with E-state index in [-0.39, 0.29) is 20.1 Å². The van der Waals surface area contributed by atoms with Crippen LogP contribution >= 0.6 is 0 Å². The molecular formula is C43H31IrN3O-2. The van der Waals surface area contributed by atoms with E-state index in [1.54, 1.807) is 6.20 Å². The molecule has 5 heteroatoms. The molecule has 4 aromatic heterocycles. The van der Waals surface area contributed by atoms with Crippen LogP contribution in [0.5, 0.6) is 0 Å². The standard InChI is InChI=1S/C32H23N2O.C11H8N.Ir/c1-21-11-13-34-30(15-21)25-10-6-9-24(17-25)28-18-27-19-31(26-12-14-33-22(2)16-26)35-32(27)20-29(28)23-7-4-3-5-8-23;1-2-6-10(7-3-1)11-8-4-5-9-12-11;/h3-9,11-20H,1-2H3;1-6,8-9H;/q2*-1;. The first kappa shape index (κ1) is 32.5. The maximum Gasteiger partial charge on any atom is 0.135 e. The van der Waals surface area contributed by atoms with Gasteiger partial charge in [0.05, 0.1) is 0 Å². The van der Waals surface area contributed by atoms with Gasteiger partial charge in [0.1, 0.15) is 11.3 Å². The van der Waals surface area contributed by atoms with E-state index in [1.165, 1.54) is 5.56 Å². The van der Waals surface area contributed by atoms with Crippen LogP contribution in [0.1, 0.15) is 11.3 Å². The number of furan rings is 1. The van der Waals surface area contributed by atoms with Crippen LogP contribution in [0.15, 0.2) is 156 Å². The molecule has 0 N–H and O–H groups in total. The number of benzene rings is 4. The molecule has 4 aromatic carbocycles. The number of nitrogens with zero attached hydrogens (tertiary/aromatic N) is 3. The summed E-state index contributed by atoms with van der Waals surface area (Å²) in [6.45, 7) is 4.07. The SMILES string of the molecule is Cc1ccnc(-c2[c-]ccc(-c3cc4cc(-c5ccnc(C)c5)oc4cc3-c3ccccc3)c2)c1.[Ir].[c-]1ccccc1-c1ccccn1. The first-order valence-electron chi connectivity index (χ1n) is 15.5. The molecule has 0 aliphatic carbocycles. The van der Waals surface area contributed by atoms with Gasteiger partial charge in [-0.1, -0.05) is 54.1 Å². The zero-order chi connectivity index (χ0) is 32.0. The van der Waals surface area contributed by atoms with Crippen LogP contribution < -0.4 is 0 Å². The largest absolute Gasteiger partial charge is 0.456 e. The Balaban J connectivity index is 0.000000260. The minimum Gasteiger partial charge on any atom is -0.456 e. The Morgan fingerprint density at radius 3 is 2.06 bits per heavy atom. The summed E-state index contributed by atoms with van der Waals surface area (Å²) in [5, 5.41) is 1.06. The van der Waals surface area contributed by atoms with Gasteiger partial charge >= 0.3 is 0 Å². The van der Waals surface area contributed by atoms with E-state index in [1.807, 2.05) is 92.1 Å². The zero-order valence-electron chi connectivity index (χ0n) is 26.5. The third-order valence-electron chi connectivity index (χ3n) is 7.88. The minimum absolute atomic E-state index is 0. The smallest absolute Gasteiger partial charge is 0.135 e. The third kappa shape index (κ3) is 7.39. The molecule has 0 atom stereocenters. The third-order valence-corrected chi connectivity index (χ3v) is 7.88. The van der Waals surface area contributed by atoms with Crippen LogP contribution in [0, 0.1) is 26.0 Å². The molecule has 8 aromatic rings. The van der Waals surface area contributed by atoms with Gasteiger partial charge in [-0.15, -0.1) is 71.3 Å². The second kappa shape index (κ2) is 15.0. The van der Waals surface area contributed by atoms with Gasteiger partial charge in [0.2, 0.25) is 0 Å². The predicted molar refractivity (Wildman–Crippen MR) is 190 cm³/mol. The Morgan fingerprint density at radius 2 is 1.29 bits per heavy atom. The van der Waals surface area contributed by atoms with Gasteiger partial charge in [0.15, 0.2) is 0 Å². The van der Waals surface area contributed by atoms with Crippen LogP contribution in [-0.4, -0.2) is 15.0 Å². The van der Waals surface area contributed by atoms with Crippen molar-refractivity contribution in [2.24, 2.45) is 0 Å². The van der Waals surface area contributed by atoms with Crippen molar-refractivity contribution in [2.45, 2.75) is 13.8 Å². The van der Waals surface area contributed by atoms with Crippen LogP contribution in [0.3, 0.4) is 0 Å². The summed E-state index contributed by atoms with van der Waals surface area (Å²) in [7, 11) is 0. The summed E-state index contributed by atoms with van der Waals surface area (Å²) < 4.78 is 6.32. The molecule has 0 spiro atoms. The molecular weight excluding hydrogens is 767 g/mol. The fraction of sp³-hybridized carbons (Fsp3) is 0.0465. The van der Waals surface area contributed by atoms with Crippen LogP contribution in [-0.2, 0) is 20.1 Å². The van der Waals surface area contributed by atoms with E-state index in [4.69, 9.17) is 4.42 Å². The molecule has 0 fully saturated rings.